The highest BCUT2D eigenvalue weighted by Gasteiger charge is 2.36. The fraction of sp³-hybridized carbons (Fsp3) is 0.286. The van der Waals surface area contributed by atoms with Gasteiger partial charge in [-0.25, -0.2) is 9.97 Å². The molecule has 3 heterocycles. The highest BCUT2D eigenvalue weighted by atomic mass is 35.5. The van der Waals surface area contributed by atoms with Crippen molar-refractivity contribution in [3.63, 3.8) is 0 Å². The number of ether oxygens (including phenoxy) is 1. The van der Waals surface area contributed by atoms with Crippen molar-refractivity contribution in [2.24, 2.45) is 0 Å². The van der Waals surface area contributed by atoms with Crippen molar-refractivity contribution in [3.05, 3.63) is 71.1 Å². The number of aromatic nitrogens is 3. The van der Waals surface area contributed by atoms with E-state index in [1.165, 1.54) is 12.4 Å². The molecule has 0 spiro atoms. The van der Waals surface area contributed by atoms with Crippen molar-refractivity contribution in [1.29, 1.82) is 0 Å². The molecule has 9 heteroatoms. The van der Waals surface area contributed by atoms with Crippen molar-refractivity contribution < 1.29 is 17.9 Å². The molecular weight excluding hydrogens is 417 g/mol. The van der Waals surface area contributed by atoms with Gasteiger partial charge in [0.15, 0.2) is 11.5 Å². The van der Waals surface area contributed by atoms with Crippen LogP contribution in [0.25, 0.3) is 11.4 Å². The summed E-state index contributed by atoms with van der Waals surface area (Å²) < 4.78 is 46.6. The summed E-state index contributed by atoms with van der Waals surface area (Å²) in [5.74, 6) is 0.201. The van der Waals surface area contributed by atoms with Crippen LogP contribution in [0, 0.1) is 0 Å². The third-order valence-corrected chi connectivity index (χ3v) is 5.12. The molecule has 5 nitrogen and oxygen atoms in total. The van der Waals surface area contributed by atoms with Crippen LogP contribution in [0.1, 0.15) is 24.3 Å². The molecule has 2 atom stereocenters. The van der Waals surface area contributed by atoms with E-state index in [0.717, 1.165) is 11.6 Å². The Kier molecular flexibility index (Phi) is 5.62. The lowest BCUT2D eigenvalue weighted by Crippen LogP contribution is -2.45. The first kappa shape index (κ1) is 20.6. The Morgan fingerprint density at radius 2 is 1.87 bits per heavy atom. The predicted octanol–water partition coefficient (Wildman–Crippen LogP) is 5.18. The molecule has 0 aliphatic carbocycles. The molecule has 1 aliphatic rings. The summed E-state index contributed by atoms with van der Waals surface area (Å²) in [5.41, 5.74) is 0.334. The number of anilines is 1. The van der Waals surface area contributed by atoms with Crippen LogP contribution in [0.15, 0.2) is 54.9 Å². The maximum atomic E-state index is 13.6. The maximum absolute atomic E-state index is 13.6. The van der Waals surface area contributed by atoms with Gasteiger partial charge in [-0.3, -0.25) is 4.98 Å². The Bertz CT molecular complexity index is 1030. The molecule has 156 valence electrons. The molecule has 0 bridgehead atoms. The average molecular weight is 435 g/mol. The molecule has 2 aromatic heterocycles. The van der Waals surface area contributed by atoms with Crippen LogP contribution in [0.2, 0.25) is 5.02 Å². The summed E-state index contributed by atoms with van der Waals surface area (Å²) in [6.07, 6.45) is -1.95. The van der Waals surface area contributed by atoms with E-state index in [-0.39, 0.29) is 23.8 Å². The number of nitrogens with zero attached hydrogens (tertiary/aromatic N) is 4. The minimum Gasteiger partial charge on any atom is -0.370 e. The Balaban J connectivity index is 1.74. The molecule has 1 aromatic carbocycles. The first-order valence-electron chi connectivity index (χ1n) is 9.31. The van der Waals surface area contributed by atoms with E-state index in [0.29, 0.717) is 23.7 Å². The fourth-order valence-electron chi connectivity index (χ4n) is 3.34. The number of morpholine rings is 1. The summed E-state index contributed by atoms with van der Waals surface area (Å²) in [6.45, 7) is 2.56. The van der Waals surface area contributed by atoms with Gasteiger partial charge in [0.25, 0.3) is 0 Å². The number of benzene rings is 1. The van der Waals surface area contributed by atoms with Gasteiger partial charge < -0.3 is 9.64 Å². The zero-order valence-electron chi connectivity index (χ0n) is 16.0. The lowest BCUT2D eigenvalue weighted by Gasteiger charge is -2.39. The van der Waals surface area contributed by atoms with Crippen molar-refractivity contribution in [3.8, 4) is 11.4 Å². The van der Waals surface area contributed by atoms with Crippen molar-refractivity contribution in [2.45, 2.75) is 25.2 Å². The zero-order valence-corrected chi connectivity index (χ0v) is 16.7. The van der Waals surface area contributed by atoms with Crippen LogP contribution < -0.4 is 4.90 Å². The maximum Gasteiger partial charge on any atom is 0.433 e. The molecule has 0 saturated carbocycles. The SMILES string of the molecule is CC1COC(c2cccc(Cl)c2)CN1c1cc(C(F)(F)F)nc(-c2ccncc2)n1. The third kappa shape index (κ3) is 4.39. The first-order valence-corrected chi connectivity index (χ1v) is 9.69. The lowest BCUT2D eigenvalue weighted by atomic mass is 10.1. The molecule has 0 radical (unpaired) electrons. The van der Waals surface area contributed by atoms with Gasteiger partial charge in [0, 0.05) is 29.0 Å². The number of halogens is 4. The van der Waals surface area contributed by atoms with Crippen molar-refractivity contribution in [2.75, 3.05) is 18.1 Å². The molecule has 1 fully saturated rings. The monoisotopic (exact) mass is 434 g/mol. The summed E-state index contributed by atoms with van der Waals surface area (Å²) in [4.78, 5) is 13.9. The number of hydrogen-bond donors (Lipinski definition) is 0. The second-order valence-corrected chi connectivity index (χ2v) is 7.48. The van der Waals surface area contributed by atoms with Gasteiger partial charge in [-0.15, -0.1) is 0 Å². The number of alkyl halides is 3. The largest absolute Gasteiger partial charge is 0.433 e. The number of rotatable bonds is 3. The van der Waals surface area contributed by atoms with Gasteiger partial charge in [-0.05, 0) is 36.8 Å². The van der Waals surface area contributed by atoms with Gasteiger partial charge >= 0.3 is 6.18 Å². The summed E-state index contributed by atoms with van der Waals surface area (Å²) >= 11 is 6.09. The second-order valence-electron chi connectivity index (χ2n) is 7.05. The van der Waals surface area contributed by atoms with Crippen LogP contribution >= 0.6 is 11.6 Å². The second kappa shape index (κ2) is 8.20. The molecule has 2 unspecified atom stereocenters. The Hall–Kier alpha value is -2.71. The van der Waals surface area contributed by atoms with E-state index < -0.39 is 11.9 Å². The van der Waals surface area contributed by atoms with E-state index >= 15 is 0 Å². The summed E-state index contributed by atoms with van der Waals surface area (Å²) in [7, 11) is 0. The van der Waals surface area contributed by atoms with Gasteiger partial charge in [0.1, 0.15) is 11.9 Å². The standard InChI is InChI=1S/C21H18ClF3N4O/c1-13-12-30-17(15-3-2-4-16(22)9-15)11-29(13)19-10-18(21(23,24)25)27-20(28-19)14-5-7-26-8-6-14/h2-10,13,17H,11-12H2,1H3. The van der Waals surface area contributed by atoms with Crippen LogP contribution in [0.5, 0.6) is 0 Å². The summed E-state index contributed by atoms with van der Waals surface area (Å²) in [6, 6.07) is 11.2. The molecule has 1 aliphatic heterocycles. The lowest BCUT2D eigenvalue weighted by molar-refractivity contribution is -0.141. The smallest absolute Gasteiger partial charge is 0.370 e. The van der Waals surface area contributed by atoms with E-state index in [1.54, 1.807) is 24.3 Å². The molecule has 30 heavy (non-hydrogen) atoms. The van der Waals surface area contributed by atoms with Crippen LogP contribution in [-0.2, 0) is 10.9 Å². The Morgan fingerprint density at radius 1 is 1.10 bits per heavy atom. The average Bonchev–Trinajstić information content (AvgIpc) is 2.74. The molecule has 0 N–H and O–H groups in total. The third-order valence-electron chi connectivity index (χ3n) is 4.89. The Morgan fingerprint density at radius 3 is 2.57 bits per heavy atom. The van der Waals surface area contributed by atoms with Crippen molar-refractivity contribution >= 4 is 17.4 Å². The zero-order chi connectivity index (χ0) is 21.3. The van der Waals surface area contributed by atoms with E-state index in [2.05, 4.69) is 15.0 Å². The molecule has 1 saturated heterocycles. The summed E-state index contributed by atoms with van der Waals surface area (Å²) in [5, 5.41) is 0.572. The Labute approximate surface area is 176 Å². The number of hydrogen-bond acceptors (Lipinski definition) is 5. The first-order chi connectivity index (χ1) is 14.3. The van der Waals surface area contributed by atoms with Crippen LogP contribution in [0.4, 0.5) is 19.0 Å². The quantitative estimate of drug-likeness (QED) is 0.568. The van der Waals surface area contributed by atoms with Gasteiger partial charge in [-0.2, -0.15) is 13.2 Å². The van der Waals surface area contributed by atoms with E-state index in [1.807, 2.05) is 24.0 Å². The molecular formula is C21H18ClF3N4O. The topological polar surface area (TPSA) is 51.1 Å². The predicted molar refractivity (Wildman–Crippen MR) is 107 cm³/mol. The normalized spacial score (nSPS) is 19.7. The number of pyridine rings is 1. The fourth-order valence-corrected chi connectivity index (χ4v) is 3.54. The van der Waals surface area contributed by atoms with E-state index in [9.17, 15) is 13.2 Å². The highest BCUT2D eigenvalue weighted by Crippen LogP contribution is 2.34. The minimum absolute atomic E-state index is 0.000206. The van der Waals surface area contributed by atoms with Crippen molar-refractivity contribution in [1.82, 2.24) is 15.0 Å². The highest BCUT2D eigenvalue weighted by molar-refractivity contribution is 6.30. The minimum atomic E-state index is -4.60. The van der Waals surface area contributed by atoms with E-state index in [4.69, 9.17) is 16.3 Å². The van der Waals surface area contributed by atoms with Gasteiger partial charge in [0.2, 0.25) is 0 Å². The molecule has 3 aromatic rings. The van der Waals surface area contributed by atoms with Crippen LogP contribution in [-0.4, -0.2) is 34.1 Å². The van der Waals surface area contributed by atoms with Crippen LogP contribution in [0.3, 0.4) is 0 Å². The molecule has 4 rings (SSSR count). The van der Waals surface area contributed by atoms with Gasteiger partial charge in [0.05, 0.1) is 19.2 Å². The molecule has 0 amide bonds. The van der Waals surface area contributed by atoms with Gasteiger partial charge in [-0.1, -0.05) is 23.7 Å².